The predicted octanol–water partition coefficient (Wildman–Crippen LogP) is 6.27. The van der Waals surface area contributed by atoms with Crippen molar-refractivity contribution in [2.45, 2.75) is 96.3 Å². The first kappa shape index (κ1) is 19.7. The Morgan fingerprint density at radius 2 is 0.684 bits per heavy atom. The van der Waals surface area contributed by atoms with Crippen molar-refractivity contribution < 1.29 is 5.11 Å². The molecule has 0 aromatic rings. The second-order valence-corrected chi connectivity index (χ2v) is 6.79. The van der Waals surface area contributed by atoms with E-state index in [1.54, 1.807) is 0 Å². The second kappa shape index (κ2) is 18.7. The lowest BCUT2D eigenvalue weighted by Crippen LogP contribution is -1.85. The molecule has 0 heterocycles. The number of hydrogen-bond acceptors (Lipinski definition) is 1. The molecule has 0 bridgehead atoms. The Morgan fingerprint density at radius 3 is 0.947 bits per heavy atom. The van der Waals surface area contributed by atoms with Crippen LogP contribution in [-0.4, -0.2) is 16.1 Å². The SMILES string of the molecule is OCCCCCCCCCCCCCCCCCI. The smallest absolute Gasteiger partial charge is 0.0431 e. The number of aliphatic hydroxyl groups excluding tert-OH is 1. The molecule has 0 aromatic carbocycles. The van der Waals surface area contributed by atoms with Gasteiger partial charge in [-0.05, 0) is 17.3 Å². The molecule has 0 aromatic heterocycles. The van der Waals surface area contributed by atoms with Crippen molar-refractivity contribution in [3.05, 3.63) is 0 Å². The highest BCUT2D eigenvalue weighted by molar-refractivity contribution is 14.1. The highest BCUT2D eigenvalue weighted by Crippen LogP contribution is 2.13. The average Bonchev–Trinajstić information content (AvgIpc) is 2.43. The molecule has 0 aliphatic carbocycles. The van der Waals surface area contributed by atoms with Crippen LogP contribution in [0.4, 0.5) is 0 Å². The molecule has 0 amide bonds. The van der Waals surface area contributed by atoms with Crippen molar-refractivity contribution >= 4 is 22.6 Å². The monoisotopic (exact) mass is 382 g/mol. The number of rotatable bonds is 16. The van der Waals surface area contributed by atoms with Gasteiger partial charge >= 0.3 is 0 Å². The molecule has 0 saturated carbocycles. The largest absolute Gasteiger partial charge is 0.396 e. The normalized spacial score (nSPS) is 11.1. The van der Waals surface area contributed by atoms with Gasteiger partial charge in [0.2, 0.25) is 0 Å². The van der Waals surface area contributed by atoms with Crippen molar-refractivity contribution in [2.75, 3.05) is 11.0 Å². The number of unbranched alkanes of at least 4 members (excludes halogenated alkanes) is 14. The molecule has 0 saturated heterocycles. The maximum absolute atomic E-state index is 8.67. The fraction of sp³-hybridized carbons (Fsp3) is 1.00. The van der Waals surface area contributed by atoms with E-state index in [1.807, 2.05) is 0 Å². The van der Waals surface area contributed by atoms with Crippen LogP contribution in [-0.2, 0) is 0 Å². The number of hydrogen-bond donors (Lipinski definition) is 1. The summed E-state index contributed by atoms with van der Waals surface area (Å²) < 4.78 is 1.33. The van der Waals surface area contributed by atoms with Gasteiger partial charge in [-0.1, -0.05) is 106 Å². The molecular formula is C17H35IO. The van der Waals surface area contributed by atoms with Crippen molar-refractivity contribution in [1.82, 2.24) is 0 Å². The van der Waals surface area contributed by atoms with Gasteiger partial charge in [0.1, 0.15) is 0 Å². The number of alkyl halides is 1. The predicted molar refractivity (Wildman–Crippen MR) is 95.2 cm³/mol. The quantitative estimate of drug-likeness (QED) is 0.190. The van der Waals surface area contributed by atoms with Gasteiger partial charge in [-0.15, -0.1) is 0 Å². The first-order valence-electron chi connectivity index (χ1n) is 8.58. The van der Waals surface area contributed by atoms with Crippen molar-refractivity contribution in [3.63, 3.8) is 0 Å². The average molecular weight is 382 g/mol. The topological polar surface area (TPSA) is 20.2 Å². The van der Waals surface area contributed by atoms with E-state index in [2.05, 4.69) is 22.6 Å². The Bertz CT molecular complexity index is 134. The van der Waals surface area contributed by atoms with Crippen LogP contribution in [0.25, 0.3) is 0 Å². The maximum Gasteiger partial charge on any atom is 0.0431 e. The van der Waals surface area contributed by atoms with Gasteiger partial charge in [0.25, 0.3) is 0 Å². The lowest BCUT2D eigenvalue weighted by Gasteiger charge is -2.03. The zero-order chi connectivity index (χ0) is 14.0. The summed E-state index contributed by atoms with van der Waals surface area (Å²) in [7, 11) is 0. The van der Waals surface area contributed by atoms with E-state index >= 15 is 0 Å². The summed E-state index contributed by atoms with van der Waals surface area (Å²) in [6.45, 7) is 0.373. The van der Waals surface area contributed by atoms with Crippen molar-refractivity contribution in [3.8, 4) is 0 Å². The minimum atomic E-state index is 0.373. The molecular weight excluding hydrogens is 347 g/mol. The van der Waals surface area contributed by atoms with Crippen LogP contribution in [0.5, 0.6) is 0 Å². The molecule has 116 valence electrons. The molecule has 0 aliphatic rings. The van der Waals surface area contributed by atoms with Crippen LogP contribution in [0.15, 0.2) is 0 Å². The Kier molecular flexibility index (Phi) is 19.4. The summed E-state index contributed by atoms with van der Waals surface area (Å²) in [6.07, 6.45) is 20.8. The summed E-state index contributed by atoms with van der Waals surface area (Å²) in [5.74, 6) is 0. The summed E-state index contributed by atoms with van der Waals surface area (Å²) in [6, 6.07) is 0. The Labute approximate surface area is 135 Å². The van der Waals surface area contributed by atoms with Crippen molar-refractivity contribution in [2.24, 2.45) is 0 Å². The molecule has 19 heavy (non-hydrogen) atoms. The first-order chi connectivity index (χ1) is 9.41. The van der Waals surface area contributed by atoms with E-state index in [0.29, 0.717) is 6.61 Å². The highest BCUT2D eigenvalue weighted by Gasteiger charge is 1.94. The van der Waals surface area contributed by atoms with Crippen LogP contribution in [0, 0.1) is 0 Å². The van der Waals surface area contributed by atoms with Crippen LogP contribution in [0.2, 0.25) is 0 Å². The van der Waals surface area contributed by atoms with E-state index in [-0.39, 0.29) is 0 Å². The van der Waals surface area contributed by atoms with Crippen LogP contribution >= 0.6 is 22.6 Å². The highest BCUT2D eigenvalue weighted by atomic mass is 127. The summed E-state index contributed by atoms with van der Waals surface area (Å²) in [4.78, 5) is 0. The first-order valence-corrected chi connectivity index (χ1v) is 10.1. The molecule has 0 rings (SSSR count). The molecule has 0 radical (unpaired) electrons. The molecule has 1 N–H and O–H groups in total. The van der Waals surface area contributed by atoms with Gasteiger partial charge < -0.3 is 5.11 Å². The van der Waals surface area contributed by atoms with E-state index in [1.165, 1.54) is 94.3 Å². The van der Waals surface area contributed by atoms with E-state index in [4.69, 9.17) is 5.11 Å². The molecule has 0 fully saturated rings. The van der Waals surface area contributed by atoms with Gasteiger partial charge in [-0.25, -0.2) is 0 Å². The van der Waals surface area contributed by atoms with Crippen molar-refractivity contribution in [1.29, 1.82) is 0 Å². The fourth-order valence-corrected chi connectivity index (χ4v) is 3.04. The molecule has 1 nitrogen and oxygen atoms in total. The second-order valence-electron chi connectivity index (χ2n) is 5.72. The molecule has 0 spiro atoms. The third-order valence-corrected chi connectivity index (χ3v) is 4.55. The summed E-state index contributed by atoms with van der Waals surface area (Å²) >= 11 is 2.48. The lowest BCUT2D eigenvalue weighted by atomic mass is 10.0. The Morgan fingerprint density at radius 1 is 0.421 bits per heavy atom. The third kappa shape index (κ3) is 18.7. The maximum atomic E-state index is 8.67. The Hall–Kier alpha value is 0.690. The van der Waals surface area contributed by atoms with E-state index < -0.39 is 0 Å². The summed E-state index contributed by atoms with van der Waals surface area (Å²) in [5, 5.41) is 8.67. The van der Waals surface area contributed by atoms with Crippen LogP contribution in [0.3, 0.4) is 0 Å². The molecule has 0 aliphatic heterocycles. The fourth-order valence-electron chi connectivity index (χ4n) is 2.50. The van der Waals surface area contributed by atoms with Gasteiger partial charge in [-0.3, -0.25) is 0 Å². The zero-order valence-corrected chi connectivity index (χ0v) is 15.0. The third-order valence-electron chi connectivity index (χ3n) is 3.79. The minimum absolute atomic E-state index is 0.373. The van der Waals surface area contributed by atoms with E-state index in [9.17, 15) is 0 Å². The zero-order valence-electron chi connectivity index (χ0n) is 12.8. The standard InChI is InChI=1S/C17H35IO/c18-16-14-12-10-8-6-4-2-1-3-5-7-9-11-13-15-17-19/h19H,1-17H2. The van der Waals surface area contributed by atoms with Gasteiger partial charge in [0, 0.05) is 6.61 Å². The molecule has 0 unspecified atom stereocenters. The number of halogens is 1. The van der Waals surface area contributed by atoms with Gasteiger partial charge in [0.15, 0.2) is 0 Å². The van der Waals surface area contributed by atoms with Crippen LogP contribution < -0.4 is 0 Å². The van der Waals surface area contributed by atoms with Gasteiger partial charge in [0.05, 0.1) is 0 Å². The summed E-state index contributed by atoms with van der Waals surface area (Å²) in [5.41, 5.74) is 0. The molecule has 0 atom stereocenters. The lowest BCUT2D eigenvalue weighted by molar-refractivity contribution is 0.282. The molecule has 2 heteroatoms. The van der Waals surface area contributed by atoms with Gasteiger partial charge in [-0.2, -0.15) is 0 Å². The minimum Gasteiger partial charge on any atom is -0.396 e. The number of aliphatic hydroxyl groups is 1. The van der Waals surface area contributed by atoms with Crippen LogP contribution in [0.1, 0.15) is 96.3 Å². The Balaban J connectivity index is 2.88. The van der Waals surface area contributed by atoms with E-state index in [0.717, 1.165) is 6.42 Å².